The van der Waals surface area contributed by atoms with E-state index in [4.69, 9.17) is 0 Å². The van der Waals surface area contributed by atoms with Crippen LogP contribution in [0.2, 0.25) is 0 Å². The Morgan fingerprint density at radius 1 is 1.40 bits per heavy atom. The number of nitrogens with zero attached hydrogens (tertiary/aromatic N) is 1. The summed E-state index contributed by atoms with van der Waals surface area (Å²) >= 11 is 3.00. The van der Waals surface area contributed by atoms with Crippen molar-refractivity contribution in [2.75, 3.05) is 6.54 Å². The quantitative estimate of drug-likeness (QED) is 0.786. The van der Waals surface area contributed by atoms with Gasteiger partial charge in [0.25, 0.3) is 11.8 Å². The van der Waals surface area contributed by atoms with E-state index in [1.807, 2.05) is 0 Å². The van der Waals surface area contributed by atoms with Crippen molar-refractivity contribution in [1.29, 1.82) is 0 Å². The van der Waals surface area contributed by atoms with E-state index in [-0.39, 0.29) is 16.6 Å². The van der Waals surface area contributed by atoms with Gasteiger partial charge in [-0.2, -0.15) is 0 Å². The van der Waals surface area contributed by atoms with E-state index in [2.05, 4.69) is 21.2 Å². The van der Waals surface area contributed by atoms with Crippen molar-refractivity contribution in [3.63, 3.8) is 0 Å². The third kappa shape index (κ3) is 2.45. The summed E-state index contributed by atoms with van der Waals surface area (Å²) in [5.74, 6) is -2.07. The molecule has 1 aliphatic rings. The molecule has 5 nitrogen and oxygen atoms in total. The van der Waals surface area contributed by atoms with Crippen LogP contribution in [0.4, 0.5) is 4.39 Å². The van der Waals surface area contributed by atoms with Crippen LogP contribution in [0.15, 0.2) is 22.7 Å². The average Bonchev–Trinajstić information content (AvgIpc) is 2.36. The molecule has 0 radical (unpaired) electrons. The molecule has 0 bridgehead atoms. The first-order chi connectivity index (χ1) is 9.23. The van der Waals surface area contributed by atoms with Gasteiger partial charge in [-0.15, -0.1) is 0 Å². The first kappa shape index (κ1) is 14.6. The molecule has 1 aromatic carbocycles. The summed E-state index contributed by atoms with van der Waals surface area (Å²) in [4.78, 5) is 36.8. The molecule has 1 heterocycles. The van der Waals surface area contributed by atoms with Gasteiger partial charge in [0, 0.05) is 5.56 Å². The molecule has 0 spiro atoms. The number of benzene rings is 1. The number of hydrogen-bond donors (Lipinski definition) is 1. The van der Waals surface area contributed by atoms with Crippen molar-refractivity contribution in [3.05, 3.63) is 34.1 Å². The Bertz CT molecular complexity index is 616. The highest BCUT2D eigenvalue weighted by Crippen LogP contribution is 2.23. The molecule has 1 aliphatic heterocycles. The number of piperazine rings is 1. The molecule has 0 aromatic heterocycles. The van der Waals surface area contributed by atoms with Crippen molar-refractivity contribution >= 4 is 33.7 Å². The van der Waals surface area contributed by atoms with E-state index in [0.717, 1.165) is 6.07 Å². The summed E-state index contributed by atoms with van der Waals surface area (Å²) in [6.45, 7) is 2.88. The zero-order valence-corrected chi connectivity index (χ0v) is 12.5. The Hall–Kier alpha value is -1.76. The van der Waals surface area contributed by atoms with Crippen LogP contribution < -0.4 is 5.32 Å². The van der Waals surface area contributed by atoms with Gasteiger partial charge >= 0.3 is 0 Å². The molecule has 1 fully saturated rings. The van der Waals surface area contributed by atoms with Gasteiger partial charge in [-0.05, 0) is 48.0 Å². The minimum absolute atomic E-state index is 0.147. The molecule has 1 saturated heterocycles. The van der Waals surface area contributed by atoms with Gasteiger partial charge < -0.3 is 4.90 Å². The van der Waals surface area contributed by atoms with Crippen LogP contribution >= 0.6 is 15.9 Å². The van der Waals surface area contributed by atoms with E-state index in [0.29, 0.717) is 0 Å². The second kappa shape index (κ2) is 4.97. The lowest BCUT2D eigenvalue weighted by atomic mass is 9.97. The molecular formula is C13H12BrFN2O3. The standard InChI is InChI=1S/C13H12BrFN2O3/c1-13(2)12(20)16-10(18)6-17(13)11(19)7-3-4-9(15)8(14)5-7/h3-5H,6H2,1-2H3,(H,16,18,20). The zero-order chi connectivity index (χ0) is 15.1. The van der Waals surface area contributed by atoms with Gasteiger partial charge in [0.1, 0.15) is 17.9 Å². The highest BCUT2D eigenvalue weighted by molar-refractivity contribution is 9.10. The first-order valence-electron chi connectivity index (χ1n) is 5.85. The second-order valence-corrected chi connectivity index (χ2v) is 5.81. The molecule has 1 aromatic rings. The molecule has 3 amide bonds. The van der Waals surface area contributed by atoms with Gasteiger partial charge in [0.05, 0.1) is 4.47 Å². The van der Waals surface area contributed by atoms with Crippen LogP contribution in [0.5, 0.6) is 0 Å². The topological polar surface area (TPSA) is 66.5 Å². The number of rotatable bonds is 1. The Kier molecular flexibility index (Phi) is 3.64. The summed E-state index contributed by atoms with van der Waals surface area (Å²) in [5, 5.41) is 2.19. The van der Waals surface area contributed by atoms with Crippen molar-refractivity contribution in [1.82, 2.24) is 10.2 Å². The van der Waals surface area contributed by atoms with Crippen molar-refractivity contribution in [3.8, 4) is 0 Å². The maximum atomic E-state index is 13.2. The smallest absolute Gasteiger partial charge is 0.255 e. The second-order valence-electron chi connectivity index (χ2n) is 4.96. The highest BCUT2D eigenvalue weighted by Gasteiger charge is 2.43. The SMILES string of the molecule is CC1(C)C(=O)NC(=O)CN1C(=O)c1ccc(F)c(Br)c1. The average molecular weight is 343 g/mol. The minimum Gasteiger partial charge on any atom is -0.315 e. The van der Waals surface area contributed by atoms with Crippen LogP contribution in [-0.2, 0) is 9.59 Å². The Morgan fingerprint density at radius 3 is 2.65 bits per heavy atom. The van der Waals surface area contributed by atoms with E-state index in [9.17, 15) is 18.8 Å². The highest BCUT2D eigenvalue weighted by atomic mass is 79.9. The summed E-state index contributed by atoms with van der Waals surface area (Å²) < 4.78 is 13.3. The fourth-order valence-corrected chi connectivity index (χ4v) is 2.27. The van der Waals surface area contributed by atoms with Crippen molar-refractivity contribution in [2.24, 2.45) is 0 Å². The first-order valence-corrected chi connectivity index (χ1v) is 6.64. The van der Waals surface area contributed by atoms with Crippen LogP contribution in [0.1, 0.15) is 24.2 Å². The van der Waals surface area contributed by atoms with Crippen molar-refractivity contribution < 1.29 is 18.8 Å². The lowest BCUT2D eigenvalue weighted by Crippen LogP contribution is -2.65. The van der Waals surface area contributed by atoms with Gasteiger partial charge in [-0.3, -0.25) is 19.7 Å². The van der Waals surface area contributed by atoms with Crippen LogP contribution in [0.3, 0.4) is 0 Å². The van der Waals surface area contributed by atoms with Gasteiger partial charge in [0.2, 0.25) is 5.91 Å². The number of imide groups is 1. The van der Waals surface area contributed by atoms with E-state index in [1.54, 1.807) is 13.8 Å². The van der Waals surface area contributed by atoms with Crippen LogP contribution in [0.25, 0.3) is 0 Å². The summed E-state index contributed by atoms with van der Waals surface area (Å²) in [6, 6.07) is 3.79. The lowest BCUT2D eigenvalue weighted by Gasteiger charge is -2.40. The maximum Gasteiger partial charge on any atom is 0.255 e. The number of hydrogen-bond acceptors (Lipinski definition) is 3. The molecular weight excluding hydrogens is 331 g/mol. The molecule has 106 valence electrons. The van der Waals surface area contributed by atoms with E-state index >= 15 is 0 Å². The Balaban J connectivity index is 2.38. The molecule has 7 heteroatoms. The van der Waals surface area contributed by atoms with E-state index in [1.165, 1.54) is 17.0 Å². The number of carbonyl (C=O) groups is 3. The minimum atomic E-state index is -1.15. The fraction of sp³-hybridized carbons (Fsp3) is 0.308. The molecule has 1 N–H and O–H groups in total. The third-order valence-electron chi connectivity index (χ3n) is 3.20. The molecule has 0 atom stereocenters. The van der Waals surface area contributed by atoms with Crippen LogP contribution in [-0.4, -0.2) is 34.7 Å². The van der Waals surface area contributed by atoms with Crippen molar-refractivity contribution in [2.45, 2.75) is 19.4 Å². The number of halogens is 2. The maximum absolute atomic E-state index is 13.2. The summed E-state index contributed by atoms with van der Waals surface area (Å²) in [7, 11) is 0. The lowest BCUT2D eigenvalue weighted by molar-refractivity contribution is -0.143. The molecule has 0 aliphatic carbocycles. The Labute approximate surface area is 123 Å². The third-order valence-corrected chi connectivity index (χ3v) is 3.80. The Morgan fingerprint density at radius 2 is 2.05 bits per heavy atom. The zero-order valence-electron chi connectivity index (χ0n) is 10.9. The normalized spacial score (nSPS) is 17.9. The van der Waals surface area contributed by atoms with Gasteiger partial charge in [-0.25, -0.2) is 4.39 Å². The van der Waals surface area contributed by atoms with E-state index < -0.39 is 29.1 Å². The fourth-order valence-electron chi connectivity index (χ4n) is 1.89. The number of nitrogens with one attached hydrogen (secondary N) is 1. The monoisotopic (exact) mass is 342 g/mol. The van der Waals surface area contributed by atoms with Gasteiger partial charge in [0.15, 0.2) is 0 Å². The number of amides is 3. The molecule has 2 rings (SSSR count). The predicted molar refractivity (Wildman–Crippen MR) is 72.4 cm³/mol. The summed E-state index contributed by atoms with van der Waals surface area (Å²) in [6.07, 6.45) is 0. The molecule has 0 unspecified atom stereocenters. The van der Waals surface area contributed by atoms with Gasteiger partial charge in [-0.1, -0.05) is 0 Å². The molecule has 20 heavy (non-hydrogen) atoms. The largest absolute Gasteiger partial charge is 0.315 e. The summed E-state index contributed by atoms with van der Waals surface area (Å²) in [5.41, 5.74) is -0.944. The van der Waals surface area contributed by atoms with Crippen LogP contribution in [0, 0.1) is 5.82 Å². The number of carbonyl (C=O) groups excluding carboxylic acids is 3. The molecule has 0 saturated carbocycles. The predicted octanol–water partition coefficient (Wildman–Crippen LogP) is 1.47.